The fourth-order valence-electron chi connectivity index (χ4n) is 1.95. The molecule has 0 atom stereocenters. The fraction of sp³-hybridized carbons (Fsp3) is 0.714. The minimum atomic E-state index is -3.39. The van der Waals surface area contributed by atoms with E-state index in [4.69, 9.17) is 0 Å². The lowest BCUT2D eigenvalue weighted by Gasteiger charge is -2.04. The van der Waals surface area contributed by atoms with Crippen LogP contribution in [0.3, 0.4) is 0 Å². The molecule has 1 heterocycles. The highest BCUT2D eigenvalue weighted by molar-refractivity contribution is 7.98. The molecule has 0 fully saturated rings. The topological polar surface area (TPSA) is 63.1 Å². The van der Waals surface area contributed by atoms with E-state index in [1.54, 1.807) is 24.0 Å². The Bertz CT molecular complexity index is 512. The number of sulfonamides is 1. The van der Waals surface area contributed by atoms with Gasteiger partial charge in [0.1, 0.15) is 0 Å². The van der Waals surface area contributed by atoms with Crippen LogP contribution in [-0.4, -0.2) is 38.1 Å². The largest absolute Gasteiger partial charge is 0.352 e. The smallest absolute Gasteiger partial charge is 0.242 e. The molecule has 0 aliphatic rings. The lowest BCUT2D eigenvalue weighted by molar-refractivity contribution is 0.578. The van der Waals surface area contributed by atoms with Crippen molar-refractivity contribution in [2.24, 2.45) is 7.05 Å². The van der Waals surface area contributed by atoms with Gasteiger partial charge in [-0.1, -0.05) is 6.92 Å². The van der Waals surface area contributed by atoms with Gasteiger partial charge in [-0.25, -0.2) is 13.1 Å². The summed E-state index contributed by atoms with van der Waals surface area (Å²) < 4.78 is 29.0. The third-order valence-corrected chi connectivity index (χ3v) is 5.32. The van der Waals surface area contributed by atoms with E-state index in [1.807, 2.05) is 11.6 Å². The lowest BCUT2D eigenvalue weighted by atomic mass is 10.3. The van der Waals surface area contributed by atoms with Gasteiger partial charge in [-0.15, -0.1) is 0 Å². The number of hydrogen-bond acceptors (Lipinski definition) is 4. The molecule has 5 nitrogen and oxygen atoms in total. The van der Waals surface area contributed by atoms with Crippen LogP contribution in [0.15, 0.2) is 17.2 Å². The first-order valence-electron chi connectivity index (χ1n) is 7.35. The maximum absolute atomic E-state index is 12.2. The maximum atomic E-state index is 12.2. The number of nitrogens with zero attached hydrogens (tertiary/aromatic N) is 1. The van der Waals surface area contributed by atoms with Crippen LogP contribution in [0.5, 0.6) is 0 Å². The summed E-state index contributed by atoms with van der Waals surface area (Å²) in [6, 6.07) is 1.74. The number of thioether (sulfide) groups is 1. The molecule has 2 N–H and O–H groups in total. The monoisotopic (exact) mass is 333 g/mol. The molecule has 21 heavy (non-hydrogen) atoms. The van der Waals surface area contributed by atoms with Crippen molar-refractivity contribution < 1.29 is 8.42 Å². The van der Waals surface area contributed by atoms with Gasteiger partial charge in [0, 0.05) is 32.0 Å². The number of rotatable bonds is 11. The van der Waals surface area contributed by atoms with E-state index in [2.05, 4.69) is 23.2 Å². The van der Waals surface area contributed by atoms with E-state index >= 15 is 0 Å². The Kier molecular flexibility index (Phi) is 8.39. The van der Waals surface area contributed by atoms with E-state index in [0.29, 0.717) is 18.0 Å². The van der Waals surface area contributed by atoms with Crippen LogP contribution in [0.25, 0.3) is 0 Å². The molecular formula is C14H27N3O2S2. The Balaban J connectivity index is 2.56. The standard InChI is InChI=1S/C14H27N3O2S2/c1-4-7-15-11-13-10-14(12-17(13)2)21(18,19)16-8-5-6-9-20-3/h10,12,15-16H,4-9,11H2,1-3H3. The van der Waals surface area contributed by atoms with E-state index in [-0.39, 0.29) is 0 Å². The SMILES string of the molecule is CCCNCc1cc(S(=O)(=O)NCCCCSC)cn1C. The van der Waals surface area contributed by atoms with Crippen LogP contribution in [0, 0.1) is 0 Å². The molecule has 1 rings (SSSR count). The van der Waals surface area contributed by atoms with Crippen LogP contribution < -0.4 is 10.0 Å². The van der Waals surface area contributed by atoms with Crippen molar-refractivity contribution in [1.82, 2.24) is 14.6 Å². The lowest BCUT2D eigenvalue weighted by Crippen LogP contribution is -2.24. The summed E-state index contributed by atoms with van der Waals surface area (Å²) in [7, 11) is -1.51. The van der Waals surface area contributed by atoms with Gasteiger partial charge in [-0.05, 0) is 43.9 Å². The van der Waals surface area contributed by atoms with E-state index in [0.717, 1.165) is 37.3 Å². The molecule has 0 aliphatic carbocycles. The van der Waals surface area contributed by atoms with Crippen LogP contribution in [-0.2, 0) is 23.6 Å². The number of nitrogens with one attached hydrogen (secondary N) is 2. The molecule has 0 saturated heterocycles. The van der Waals surface area contributed by atoms with Crippen LogP contribution in [0.4, 0.5) is 0 Å². The second-order valence-electron chi connectivity index (χ2n) is 5.05. The summed E-state index contributed by atoms with van der Waals surface area (Å²) in [4.78, 5) is 0.350. The number of aryl methyl sites for hydroxylation is 1. The zero-order valence-electron chi connectivity index (χ0n) is 13.2. The molecule has 0 amide bonds. The maximum Gasteiger partial charge on any atom is 0.242 e. The highest BCUT2D eigenvalue weighted by Gasteiger charge is 2.16. The molecule has 0 aromatic carbocycles. The average molecular weight is 334 g/mol. The van der Waals surface area contributed by atoms with Crippen molar-refractivity contribution >= 4 is 21.8 Å². The number of unbranched alkanes of at least 4 members (excludes halogenated alkanes) is 1. The molecule has 1 aromatic rings. The average Bonchev–Trinajstić information content (AvgIpc) is 2.81. The second kappa shape index (κ2) is 9.50. The van der Waals surface area contributed by atoms with E-state index in [9.17, 15) is 8.42 Å². The first kappa shape index (κ1) is 18.5. The molecule has 0 aliphatic heterocycles. The Morgan fingerprint density at radius 2 is 2.05 bits per heavy atom. The fourth-order valence-corrected chi connectivity index (χ4v) is 3.61. The molecule has 0 saturated carbocycles. The van der Waals surface area contributed by atoms with Gasteiger partial charge in [0.25, 0.3) is 0 Å². The predicted octanol–water partition coefficient (Wildman–Crippen LogP) is 1.95. The van der Waals surface area contributed by atoms with Crippen LogP contribution >= 0.6 is 11.8 Å². The number of aromatic nitrogens is 1. The zero-order valence-corrected chi connectivity index (χ0v) is 14.8. The number of hydrogen-bond donors (Lipinski definition) is 2. The summed E-state index contributed by atoms with van der Waals surface area (Å²) in [5.41, 5.74) is 0.978. The van der Waals surface area contributed by atoms with Gasteiger partial charge in [0.2, 0.25) is 10.0 Å². The van der Waals surface area contributed by atoms with Gasteiger partial charge in [-0.2, -0.15) is 11.8 Å². The van der Waals surface area contributed by atoms with Gasteiger partial charge in [0.05, 0.1) is 4.90 Å². The van der Waals surface area contributed by atoms with Gasteiger partial charge in [0.15, 0.2) is 0 Å². The molecule has 7 heteroatoms. The molecule has 0 spiro atoms. The van der Waals surface area contributed by atoms with Crippen LogP contribution in [0.1, 0.15) is 31.9 Å². The first-order valence-corrected chi connectivity index (χ1v) is 10.2. The van der Waals surface area contributed by atoms with Crippen molar-refractivity contribution in [3.05, 3.63) is 18.0 Å². The van der Waals surface area contributed by atoms with Crippen molar-refractivity contribution in [2.75, 3.05) is 25.1 Å². The predicted molar refractivity (Wildman–Crippen MR) is 90.2 cm³/mol. The van der Waals surface area contributed by atoms with Crippen LogP contribution in [0.2, 0.25) is 0 Å². The highest BCUT2D eigenvalue weighted by atomic mass is 32.2. The highest BCUT2D eigenvalue weighted by Crippen LogP contribution is 2.13. The summed E-state index contributed by atoms with van der Waals surface area (Å²) in [6.07, 6.45) is 6.70. The molecular weight excluding hydrogens is 306 g/mol. The van der Waals surface area contributed by atoms with Gasteiger partial charge >= 0.3 is 0 Å². The van der Waals surface area contributed by atoms with Crippen molar-refractivity contribution in [2.45, 2.75) is 37.6 Å². The molecule has 1 aromatic heterocycles. The zero-order chi connectivity index (χ0) is 15.7. The Morgan fingerprint density at radius 3 is 2.71 bits per heavy atom. The minimum absolute atomic E-state index is 0.350. The third-order valence-electron chi connectivity index (χ3n) is 3.19. The molecule has 0 radical (unpaired) electrons. The van der Waals surface area contributed by atoms with Crippen molar-refractivity contribution in [3.63, 3.8) is 0 Å². The van der Waals surface area contributed by atoms with Gasteiger partial charge < -0.3 is 9.88 Å². The quantitative estimate of drug-likeness (QED) is 0.608. The van der Waals surface area contributed by atoms with E-state index < -0.39 is 10.0 Å². The summed E-state index contributed by atoms with van der Waals surface area (Å²) in [5, 5.41) is 3.28. The summed E-state index contributed by atoms with van der Waals surface area (Å²) in [6.45, 7) is 4.23. The van der Waals surface area contributed by atoms with Gasteiger partial charge in [-0.3, -0.25) is 0 Å². The normalized spacial score (nSPS) is 12.0. The molecule has 0 bridgehead atoms. The Hall–Kier alpha value is -0.500. The Morgan fingerprint density at radius 1 is 1.29 bits per heavy atom. The van der Waals surface area contributed by atoms with Crippen molar-refractivity contribution in [1.29, 1.82) is 0 Å². The summed E-state index contributed by atoms with van der Waals surface area (Å²) >= 11 is 1.78. The van der Waals surface area contributed by atoms with E-state index in [1.165, 1.54) is 0 Å². The summed E-state index contributed by atoms with van der Waals surface area (Å²) in [5.74, 6) is 1.07. The third kappa shape index (κ3) is 6.42. The second-order valence-corrected chi connectivity index (χ2v) is 7.81. The minimum Gasteiger partial charge on any atom is -0.352 e. The molecule has 122 valence electrons. The Labute approximate surface area is 132 Å². The first-order chi connectivity index (χ1) is 10.0. The molecule has 0 unspecified atom stereocenters. The van der Waals surface area contributed by atoms with Crippen molar-refractivity contribution in [3.8, 4) is 0 Å².